The molecule has 0 spiro atoms. The van der Waals surface area contributed by atoms with Crippen LogP contribution < -0.4 is 11.0 Å². The van der Waals surface area contributed by atoms with Crippen molar-refractivity contribution >= 4 is 20.9 Å². The number of benzene rings is 1. The predicted molar refractivity (Wildman–Crippen MR) is 79.6 cm³/mol. The van der Waals surface area contributed by atoms with Crippen molar-refractivity contribution in [1.29, 1.82) is 0 Å². The Hall–Kier alpha value is -1.60. The van der Waals surface area contributed by atoms with E-state index in [1.54, 1.807) is 13.0 Å². The molecule has 20 heavy (non-hydrogen) atoms. The van der Waals surface area contributed by atoms with Crippen LogP contribution in [-0.4, -0.2) is 36.4 Å². The molecule has 1 heterocycles. The lowest BCUT2D eigenvalue weighted by atomic mass is 10.0. The summed E-state index contributed by atoms with van der Waals surface area (Å²) in [5.74, 6) is 0. The first-order chi connectivity index (χ1) is 9.32. The summed E-state index contributed by atoms with van der Waals surface area (Å²) in [6, 6.07) is 5.11. The van der Waals surface area contributed by atoms with Gasteiger partial charge in [0.2, 0.25) is 0 Å². The minimum atomic E-state index is -3.16. The van der Waals surface area contributed by atoms with E-state index in [1.807, 2.05) is 19.1 Å². The number of hydrogen-bond donors (Lipinski definition) is 3. The number of rotatable bonds is 5. The number of nitrogens with one attached hydrogen (secondary N) is 3. The second-order valence-corrected chi connectivity index (χ2v) is 7.36. The van der Waals surface area contributed by atoms with E-state index in [2.05, 4.69) is 15.3 Å². The van der Waals surface area contributed by atoms with Gasteiger partial charge in [-0.3, -0.25) is 0 Å². The van der Waals surface area contributed by atoms with Gasteiger partial charge in [0.25, 0.3) is 0 Å². The summed E-state index contributed by atoms with van der Waals surface area (Å²) < 4.78 is 23.6. The standard InChI is InChI=1S/C13H19N3O3S/c1-4-14-12(8(2)20(3,18)19)9-5-6-10-11(7-9)16-13(17)15-10/h5-8,12,14H,4H2,1-3H3,(H2,15,16,17). The molecule has 0 bridgehead atoms. The first-order valence-electron chi connectivity index (χ1n) is 6.47. The summed E-state index contributed by atoms with van der Waals surface area (Å²) in [6.45, 7) is 4.28. The molecule has 0 aliphatic carbocycles. The summed E-state index contributed by atoms with van der Waals surface area (Å²) in [5.41, 5.74) is 1.96. The Balaban J connectivity index is 2.48. The Kier molecular flexibility index (Phi) is 4.01. The Morgan fingerprint density at radius 3 is 2.50 bits per heavy atom. The van der Waals surface area contributed by atoms with E-state index >= 15 is 0 Å². The van der Waals surface area contributed by atoms with E-state index in [0.717, 1.165) is 5.56 Å². The highest BCUT2D eigenvalue weighted by atomic mass is 32.2. The Morgan fingerprint density at radius 1 is 1.25 bits per heavy atom. The summed E-state index contributed by atoms with van der Waals surface area (Å²) in [5, 5.41) is 2.64. The lowest BCUT2D eigenvalue weighted by Crippen LogP contribution is -2.34. The lowest BCUT2D eigenvalue weighted by Gasteiger charge is -2.24. The second kappa shape index (κ2) is 5.41. The molecule has 0 amide bonds. The zero-order valence-corrected chi connectivity index (χ0v) is 12.5. The maximum Gasteiger partial charge on any atom is 0.323 e. The third-order valence-corrected chi connectivity index (χ3v) is 5.09. The highest BCUT2D eigenvalue weighted by Crippen LogP contribution is 2.23. The van der Waals surface area contributed by atoms with Crippen LogP contribution in [0.2, 0.25) is 0 Å². The molecule has 0 aliphatic rings. The number of aromatic amines is 2. The molecule has 2 aromatic rings. The number of fused-ring (bicyclic) bond motifs is 1. The fraction of sp³-hybridized carbons (Fsp3) is 0.462. The minimum Gasteiger partial charge on any atom is -0.309 e. The van der Waals surface area contributed by atoms with Crippen molar-refractivity contribution in [2.75, 3.05) is 12.8 Å². The first-order valence-corrected chi connectivity index (χ1v) is 8.42. The van der Waals surface area contributed by atoms with Crippen LogP contribution >= 0.6 is 0 Å². The zero-order valence-electron chi connectivity index (χ0n) is 11.7. The minimum absolute atomic E-state index is 0.270. The number of aromatic nitrogens is 2. The van der Waals surface area contributed by atoms with Crippen molar-refractivity contribution in [2.45, 2.75) is 25.1 Å². The largest absolute Gasteiger partial charge is 0.323 e. The Bertz CT molecular complexity index is 761. The summed E-state index contributed by atoms with van der Waals surface area (Å²) in [6.07, 6.45) is 1.23. The molecule has 0 saturated heterocycles. The van der Waals surface area contributed by atoms with Gasteiger partial charge in [-0.25, -0.2) is 13.2 Å². The van der Waals surface area contributed by atoms with E-state index in [4.69, 9.17) is 0 Å². The quantitative estimate of drug-likeness (QED) is 0.765. The monoisotopic (exact) mass is 297 g/mol. The summed E-state index contributed by atoms with van der Waals surface area (Å²) in [7, 11) is -3.16. The van der Waals surface area contributed by atoms with Crippen LogP contribution in [0.4, 0.5) is 0 Å². The lowest BCUT2D eigenvalue weighted by molar-refractivity contribution is 0.513. The molecule has 3 N–H and O–H groups in total. The van der Waals surface area contributed by atoms with Gasteiger partial charge in [-0.2, -0.15) is 0 Å². The van der Waals surface area contributed by atoms with Gasteiger partial charge in [-0.1, -0.05) is 13.0 Å². The molecule has 0 aliphatic heterocycles. The third kappa shape index (κ3) is 2.94. The SMILES string of the molecule is CCNC(c1ccc2[nH]c(=O)[nH]c2c1)C(C)S(C)(=O)=O. The van der Waals surface area contributed by atoms with Crippen molar-refractivity contribution in [3.8, 4) is 0 Å². The van der Waals surface area contributed by atoms with Crippen molar-refractivity contribution in [1.82, 2.24) is 15.3 Å². The van der Waals surface area contributed by atoms with Gasteiger partial charge in [0.1, 0.15) is 0 Å². The molecule has 110 valence electrons. The molecule has 7 heteroatoms. The molecule has 0 radical (unpaired) electrons. The van der Waals surface area contributed by atoms with E-state index in [9.17, 15) is 13.2 Å². The number of sulfone groups is 1. The van der Waals surface area contributed by atoms with Crippen LogP contribution in [0.25, 0.3) is 11.0 Å². The van der Waals surface area contributed by atoms with Crippen molar-refractivity contribution < 1.29 is 8.42 Å². The van der Waals surface area contributed by atoms with Crippen LogP contribution in [0.1, 0.15) is 25.5 Å². The van der Waals surface area contributed by atoms with Crippen molar-refractivity contribution in [3.05, 3.63) is 34.2 Å². The molecule has 2 rings (SSSR count). The van der Waals surface area contributed by atoms with E-state index in [0.29, 0.717) is 17.6 Å². The van der Waals surface area contributed by atoms with Crippen molar-refractivity contribution in [2.24, 2.45) is 0 Å². The molecule has 0 saturated carbocycles. The fourth-order valence-electron chi connectivity index (χ4n) is 2.27. The molecule has 6 nitrogen and oxygen atoms in total. The Labute approximate surface area is 117 Å². The molecular weight excluding hydrogens is 278 g/mol. The predicted octanol–water partition coefficient (Wildman–Crippen LogP) is 0.940. The molecule has 1 aromatic carbocycles. The average Bonchev–Trinajstić information content (AvgIpc) is 2.73. The van der Waals surface area contributed by atoms with Crippen LogP contribution in [-0.2, 0) is 9.84 Å². The number of imidazole rings is 1. The fourth-order valence-corrected chi connectivity index (χ4v) is 3.01. The Morgan fingerprint density at radius 2 is 1.90 bits per heavy atom. The topological polar surface area (TPSA) is 94.8 Å². The third-order valence-electron chi connectivity index (χ3n) is 3.47. The molecule has 2 atom stereocenters. The maximum atomic E-state index is 11.8. The van der Waals surface area contributed by atoms with Gasteiger partial charge in [0.15, 0.2) is 9.84 Å². The van der Waals surface area contributed by atoms with Gasteiger partial charge >= 0.3 is 5.69 Å². The van der Waals surface area contributed by atoms with Gasteiger partial charge in [0.05, 0.1) is 16.3 Å². The van der Waals surface area contributed by atoms with Gasteiger partial charge in [0, 0.05) is 12.3 Å². The van der Waals surface area contributed by atoms with Crippen LogP contribution in [0, 0.1) is 0 Å². The van der Waals surface area contributed by atoms with Crippen LogP contribution in [0.5, 0.6) is 0 Å². The second-order valence-electron chi connectivity index (χ2n) is 4.95. The van der Waals surface area contributed by atoms with Crippen molar-refractivity contribution in [3.63, 3.8) is 0 Å². The van der Waals surface area contributed by atoms with Crippen LogP contribution in [0.15, 0.2) is 23.0 Å². The van der Waals surface area contributed by atoms with Gasteiger partial charge < -0.3 is 15.3 Å². The van der Waals surface area contributed by atoms with Gasteiger partial charge in [-0.05, 0) is 31.2 Å². The summed E-state index contributed by atoms with van der Waals surface area (Å²) >= 11 is 0. The van der Waals surface area contributed by atoms with Crippen LogP contribution in [0.3, 0.4) is 0 Å². The average molecular weight is 297 g/mol. The molecule has 1 aromatic heterocycles. The van der Waals surface area contributed by atoms with E-state index in [-0.39, 0.29) is 11.7 Å². The molecule has 2 unspecified atom stereocenters. The highest BCUT2D eigenvalue weighted by Gasteiger charge is 2.26. The molecule has 0 fully saturated rings. The molecular formula is C13H19N3O3S. The number of H-pyrrole nitrogens is 2. The first kappa shape index (κ1) is 14.8. The highest BCUT2D eigenvalue weighted by molar-refractivity contribution is 7.91. The number of hydrogen-bond acceptors (Lipinski definition) is 4. The van der Waals surface area contributed by atoms with Gasteiger partial charge in [-0.15, -0.1) is 0 Å². The zero-order chi connectivity index (χ0) is 14.9. The normalized spacial score (nSPS) is 15.3. The smallest absolute Gasteiger partial charge is 0.309 e. The maximum absolute atomic E-state index is 11.8. The summed E-state index contributed by atoms with van der Waals surface area (Å²) in [4.78, 5) is 16.6. The van der Waals surface area contributed by atoms with E-state index < -0.39 is 15.1 Å². The van der Waals surface area contributed by atoms with E-state index in [1.165, 1.54) is 6.26 Å².